The van der Waals surface area contributed by atoms with Crippen LogP contribution >= 0.6 is 23.2 Å². The van der Waals surface area contributed by atoms with Crippen LogP contribution < -0.4 is 10.2 Å². The van der Waals surface area contributed by atoms with Crippen molar-refractivity contribution < 1.29 is 14.6 Å². The molecule has 0 aliphatic carbocycles. The van der Waals surface area contributed by atoms with Crippen molar-refractivity contribution >= 4 is 34.9 Å². The standard InChI is InChI=1S/C19H25Cl2N5O3/c1-10-15(20)16(21)17(24-10)18(27)25-11-5-6-26(9-12(11)29-4)14-8-22-13(7-23-14)19(2,3)28/h7-8,11-12,24,28H,5-6,9H2,1-4H3,(H,25,27)/t11-,12+/m1/s1. The van der Waals surface area contributed by atoms with Gasteiger partial charge in [-0.05, 0) is 27.2 Å². The van der Waals surface area contributed by atoms with Gasteiger partial charge in [0.25, 0.3) is 5.91 Å². The zero-order valence-corrected chi connectivity index (χ0v) is 18.3. The van der Waals surface area contributed by atoms with Crippen LogP contribution in [-0.4, -0.2) is 58.3 Å². The molecule has 0 saturated carbocycles. The van der Waals surface area contributed by atoms with Crippen molar-refractivity contribution in [1.29, 1.82) is 0 Å². The van der Waals surface area contributed by atoms with Crippen LogP contribution in [-0.2, 0) is 10.3 Å². The highest BCUT2D eigenvalue weighted by Crippen LogP contribution is 2.29. The van der Waals surface area contributed by atoms with Crippen molar-refractivity contribution in [3.8, 4) is 0 Å². The third kappa shape index (κ3) is 4.66. The number of piperidine rings is 1. The molecule has 1 fully saturated rings. The fourth-order valence-corrected chi connectivity index (χ4v) is 3.71. The van der Waals surface area contributed by atoms with Gasteiger partial charge in [-0.3, -0.25) is 9.78 Å². The van der Waals surface area contributed by atoms with E-state index in [9.17, 15) is 9.90 Å². The second-order valence-corrected chi connectivity index (χ2v) is 8.42. The summed E-state index contributed by atoms with van der Waals surface area (Å²) in [4.78, 5) is 26.3. The molecule has 3 N–H and O–H groups in total. The van der Waals surface area contributed by atoms with Crippen LogP contribution in [0.5, 0.6) is 0 Å². The van der Waals surface area contributed by atoms with Gasteiger partial charge in [0, 0.05) is 25.9 Å². The number of methoxy groups -OCH3 is 1. The Labute approximate surface area is 179 Å². The molecule has 2 aromatic rings. The van der Waals surface area contributed by atoms with Crippen molar-refractivity contribution in [2.45, 2.75) is 44.9 Å². The number of nitrogens with zero attached hydrogens (tertiary/aromatic N) is 3. The highest BCUT2D eigenvalue weighted by molar-refractivity contribution is 6.44. The monoisotopic (exact) mass is 441 g/mol. The molecule has 2 aromatic heterocycles. The van der Waals surface area contributed by atoms with Crippen molar-refractivity contribution in [3.63, 3.8) is 0 Å². The number of aromatic nitrogens is 3. The summed E-state index contributed by atoms with van der Waals surface area (Å²) in [7, 11) is 1.61. The van der Waals surface area contributed by atoms with Gasteiger partial charge in [0.05, 0.1) is 40.3 Å². The first-order valence-corrected chi connectivity index (χ1v) is 10.0. The molecule has 0 radical (unpaired) electrons. The Bertz CT molecular complexity index is 879. The lowest BCUT2D eigenvalue weighted by molar-refractivity contribution is 0.0538. The minimum atomic E-state index is -1.04. The SMILES string of the molecule is CO[C@H]1CN(c2cnc(C(C)(C)O)cn2)CC[C@H]1NC(=O)c1[nH]c(C)c(Cl)c1Cl. The molecule has 0 unspecified atom stereocenters. The number of carbonyl (C=O) groups excluding carboxylic acids is 1. The van der Waals surface area contributed by atoms with E-state index in [1.54, 1.807) is 40.3 Å². The molecule has 158 valence electrons. The normalized spacial score (nSPS) is 20.0. The maximum Gasteiger partial charge on any atom is 0.269 e. The molecule has 1 amide bonds. The summed E-state index contributed by atoms with van der Waals surface area (Å²) in [5, 5.41) is 13.6. The van der Waals surface area contributed by atoms with Gasteiger partial charge in [0.2, 0.25) is 0 Å². The van der Waals surface area contributed by atoms with Crippen LogP contribution in [0.25, 0.3) is 0 Å². The Morgan fingerprint density at radius 1 is 1.34 bits per heavy atom. The Morgan fingerprint density at radius 3 is 2.59 bits per heavy atom. The zero-order chi connectivity index (χ0) is 21.3. The van der Waals surface area contributed by atoms with E-state index in [4.69, 9.17) is 27.9 Å². The summed E-state index contributed by atoms with van der Waals surface area (Å²) in [5.74, 6) is 0.375. The molecule has 1 aliphatic rings. The molecular weight excluding hydrogens is 417 g/mol. The molecule has 1 saturated heterocycles. The summed E-state index contributed by atoms with van der Waals surface area (Å²) in [6, 6.07) is -0.189. The second kappa shape index (κ2) is 8.47. The van der Waals surface area contributed by atoms with Crippen molar-refractivity contribution in [2.24, 2.45) is 0 Å². The summed E-state index contributed by atoms with van der Waals surface area (Å²) in [5.41, 5.74) is 0.356. The second-order valence-electron chi connectivity index (χ2n) is 7.66. The Balaban J connectivity index is 1.68. The van der Waals surface area contributed by atoms with E-state index in [0.29, 0.717) is 41.7 Å². The van der Waals surface area contributed by atoms with Crippen molar-refractivity contribution in [1.82, 2.24) is 20.3 Å². The van der Waals surface area contributed by atoms with Gasteiger partial charge in [0.1, 0.15) is 17.1 Å². The molecule has 3 heterocycles. The minimum Gasteiger partial charge on any atom is -0.384 e. The number of aryl methyl sites for hydroxylation is 1. The summed E-state index contributed by atoms with van der Waals surface area (Å²) in [6.07, 6.45) is 3.63. The Hall–Kier alpha value is -1.87. The fourth-order valence-electron chi connectivity index (χ4n) is 3.30. The van der Waals surface area contributed by atoms with Crippen LogP contribution in [0.4, 0.5) is 5.82 Å². The summed E-state index contributed by atoms with van der Waals surface area (Å²) in [6.45, 7) is 6.29. The third-order valence-corrected chi connectivity index (χ3v) is 6.00. The number of ether oxygens (including phenoxy) is 1. The number of anilines is 1. The van der Waals surface area contributed by atoms with E-state index in [1.165, 1.54) is 0 Å². The third-order valence-electron chi connectivity index (χ3n) is 5.05. The number of nitrogens with one attached hydrogen (secondary N) is 2. The van der Waals surface area contributed by atoms with Crippen LogP contribution in [0.15, 0.2) is 12.4 Å². The number of halogens is 2. The molecule has 0 aromatic carbocycles. The van der Waals surface area contributed by atoms with Gasteiger partial charge in [0.15, 0.2) is 0 Å². The first kappa shape index (κ1) is 21.8. The number of hydrogen-bond acceptors (Lipinski definition) is 6. The van der Waals surface area contributed by atoms with Crippen LogP contribution in [0, 0.1) is 6.92 Å². The predicted octanol–water partition coefficient (Wildman–Crippen LogP) is 2.67. The summed E-state index contributed by atoms with van der Waals surface area (Å²) >= 11 is 12.2. The van der Waals surface area contributed by atoms with Gasteiger partial charge in [-0.2, -0.15) is 0 Å². The maximum atomic E-state index is 12.6. The van der Waals surface area contributed by atoms with E-state index in [-0.39, 0.29) is 28.8 Å². The van der Waals surface area contributed by atoms with Gasteiger partial charge < -0.3 is 25.0 Å². The lowest BCUT2D eigenvalue weighted by Crippen LogP contribution is -2.55. The van der Waals surface area contributed by atoms with Crippen LogP contribution in [0.1, 0.15) is 42.1 Å². The molecule has 8 nitrogen and oxygen atoms in total. The predicted molar refractivity (Wildman–Crippen MR) is 112 cm³/mol. The number of carbonyl (C=O) groups is 1. The average Bonchev–Trinajstić information content (AvgIpc) is 2.95. The maximum absolute atomic E-state index is 12.6. The van der Waals surface area contributed by atoms with E-state index in [2.05, 4.69) is 20.3 Å². The first-order valence-electron chi connectivity index (χ1n) is 9.29. The number of aromatic amines is 1. The highest BCUT2D eigenvalue weighted by Gasteiger charge is 2.32. The minimum absolute atomic E-state index is 0.189. The number of aliphatic hydroxyl groups is 1. The van der Waals surface area contributed by atoms with Crippen LogP contribution in [0.2, 0.25) is 10.0 Å². The first-order chi connectivity index (χ1) is 13.6. The average molecular weight is 442 g/mol. The molecule has 1 aliphatic heterocycles. The van der Waals surface area contributed by atoms with E-state index in [0.717, 1.165) is 0 Å². The fraction of sp³-hybridized carbons (Fsp3) is 0.526. The molecule has 29 heavy (non-hydrogen) atoms. The van der Waals surface area contributed by atoms with Crippen molar-refractivity contribution in [2.75, 3.05) is 25.1 Å². The van der Waals surface area contributed by atoms with E-state index >= 15 is 0 Å². The van der Waals surface area contributed by atoms with Gasteiger partial charge >= 0.3 is 0 Å². The van der Waals surface area contributed by atoms with E-state index < -0.39 is 5.60 Å². The van der Waals surface area contributed by atoms with Gasteiger partial charge in [-0.25, -0.2) is 4.98 Å². The molecule has 2 atom stereocenters. The molecule has 0 bridgehead atoms. The number of H-pyrrole nitrogens is 1. The number of rotatable bonds is 5. The molecular formula is C19H25Cl2N5O3. The highest BCUT2D eigenvalue weighted by atomic mass is 35.5. The zero-order valence-electron chi connectivity index (χ0n) is 16.8. The van der Waals surface area contributed by atoms with Gasteiger partial charge in [-0.1, -0.05) is 23.2 Å². The lowest BCUT2D eigenvalue weighted by Gasteiger charge is -2.38. The smallest absolute Gasteiger partial charge is 0.269 e. The molecule has 0 spiro atoms. The number of amides is 1. The Morgan fingerprint density at radius 2 is 2.07 bits per heavy atom. The molecule has 3 rings (SSSR count). The largest absolute Gasteiger partial charge is 0.384 e. The van der Waals surface area contributed by atoms with Crippen LogP contribution in [0.3, 0.4) is 0 Å². The van der Waals surface area contributed by atoms with E-state index in [1.807, 2.05) is 4.90 Å². The van der Waals surface area contributed by atoms with Gasteiger partial charge in [-0.15, -0.1) is 0 Å². The lowest BCUT2D eigenvalue weighted by atomic mass is 10.0. The van der Waals surface area contributed by atoms with Crippen molar-refractivity contribution in [3.05, 3.63) is 39.5 Å². The number of hydrogen-bond donors (Lipinski definition) is 3. The quantitative estimate of drug-likeness (QED) is 0.658. The topological polar surface area (TPSA) is 103 Å². The Kier molecular flexibility index (Phi) is 6.38. The summed E-state index contributed by atoms with van der Waals surface area (Å²) < 4.78 is 5.62. The molecule has 10 heteroatoms.